The molecule has 2 aromatic carbocycles. The first-order valence-corrected chi connectivity index (χ1v) is 9.91. The van der Waals surface area contributed by atoms with Gasteiger partial charge in [-0.25, -0.2) is 4.68 Å². The lowest BCUT2D eigenvalue weighted by Gasteiger charge is -2.14. The monoisotopic (exact) mass is 438 g/mol. The summed E-state index contributed by atoms with van der Waals surface area (Å²) >= 11 is 0. The van der Waals surface area contributed by atoms with E-state index in [1.54, 1.807) is 31.2 Å². The molecule has 166 valence electrons. The van der Waals surface area contributed by atoms with Crippen LogP contribution in [-0.2, 0) is 0 Å². The Labute approximate surface area is 183 Å². The maximum absolute atomic E-state index is 12.8. The molecule has 0 aliphatic rings. The van der Waals surface area contributed by atoms with Gasteiger partial charge in [0.25, 0.3) is 11.6 Å². The van der Waals surface area contributed by atoms with Crippen molar-refractivity contribution in [3.63, 3.8) is 0 Å². The van der Waals surface area contributed by atoms with E-state index in [9.17, 15) is 19.7 Å². The van der Waals surface area contributed by atoms with E-state index in [2.05, 4.69) is 10.4 Å². The number of nitro benzene ring substituents is 1. The summed E-state index contributed by atoms with van der Waals surface area (Å²) in [5.74, 6) is 0.217. The molecule has 0 saturated heterocycles. The van der Waals surface area contributed by atoms with Crippen LogP contribution in [0.3, 0.4) is 0 Å². The highest BCUT2D eigenvalue weighted by molar-refractivity contribution is 6.02. The second-order valence-electron chi connectivity index (χ2n) is 6.64. The van der Waals surface area contributed by atoms with Crippen LogP contribution >= 0.6 is 0 Å². The fraction of sp³-hybridized carbons (Fsp3) is 0.227. The Balaban J connectivity index is 1.98. The first kappa shape index (κ1) is 22.5. The third-order valence-corrected chi connectivity index (χ3v) is 4.43. The van der Waals surface area contributed by atoms with E-state index in [1.807, 2.05) is 13.8 Å². The Morgan fingerprint density at radius 2 is 1.78 bits per heavy atom. The number of ether oxygens (including phenoxy) is 2. The van der Waals surface area contributed by atoms with Crippen molar-refractivity contribution in [3.05, 3.63) is 80.3 Å². The number of aromatic nitrogens is 2. The smallest absolute Gasteiger partial charge is 0.294 e. The van der Waals surface area contributed by atoms with Crippen LogP contribution < -0.4 is 20.2 Å². The molecule has 10 nitrogen and oxygen atoms in total. The van der Waals surface area contributed by atoms with Gasteiger partial charge in [-0.1, -0.05) is 12.1 Å². The SMILES string of the molecule is CCOc1ccc(NC(=O)c2nn(-c3ccccc3[N+](=O)[O-])c(C)cc2=O)cc1OCC. The zero-order chi connectivity index (χ0) is 23.3. The number of para-hydroxylation sites is 2. The summed E-state index contributed by atoms with van der Waals surface area (Å²) in [4.78, 5) is 36.1. The molecule has 0 fully saturated rings. The summed E-state index contributed by atoms with van der Waals surface area (Å²) in [6.07, 6.45) is 0. The number of rotatable bonds is 8. The van der Waals surface area contributed by atoms with Gasteiger partial charge in [0.2, 0.25) is 5.43 Å². The molecule has 3 rings (SSSR count). The summed E-state index contributed by atoms with van der Waals surface area (Å²) in [6.45, 7) is 6.09. The summed E-state index contributed by atoms with van der Waals surface area (Å²) in [6, 6.07) is 12.0. The molecule has 10 heteroatoms. The molecule has 3 aromatic rings. The summed E-state index contributed by atoms with van der Waals surface area (Å²) in [5.41, 5.74) is -0.345. The second-order valence-corrected chi connectivity index (χ2v) is 6.64. The molecule has 1 aromatic heterocycles. The van der Waals surface area contributed by atoms with Crippen LogP contribution in [0.1, 0.15) is 30.0 Å². The van der Waals surface area contributed by atoms with Crippen LogP contribution in [0.25, 0.3) is 5.69 Å². The third-order valence-electron chi connectivity index (χ3n) is 4.43. The Kier molecular flexibility index (Phi) is 6.83. The molecule has 1 heterocycles. The predicted molar refractivity (Wildman–Crippen MR) is 118 cm³/mol. The second kappa shape index (κ2) is 9.73. The minimum absolute atomic E-state index is 0.142. The Morgan fingerprint density at radius 1 is 1.09 bits per heavy atom. The van der Waals surface area contributed by atoms with Crippen molar-refractivity contribution in [1.29, 1.82) is 0 Å². The van der Waals surface area contributed by atoms with Crippen molar-refractivity contribution in [1.82, 2.24) is 9.78 Å². The van der Waals surface area contributed by atoms with Gasteiger partial charge in [0.05, 0.1) is 18.1 Å². The molecule has 0 aliphatic heterocycles. The summed E-state index contributed by atoms with van der Waals surface area (Å²) in [7, 11) is 0. The number of nitrogens with zero attached hydrogens (tertiary/aromatic N) is 3. The van der Waals surface area contributed by atoms with E-state index < -0.39 is 22.0 Å². The highest BCUT2D eigenvalue weighted by atomic mass is 16.6. The van der Waals surface area contributed by atoms with Crippen molar-refractivity contribution in [2.24, 2.45) is 0 Å². The molecule has 0 bridgehead atoms. The first-order valence-electron chi connectivity index (χ1n) is 9.91. The third kappa shape index (κ3) is 4.75. The number of nitrogens with one attached hydrogen (secondary N) is 1. The number of carbonyl (C=O) groups is 1. The standard InChI is InChI=1S/C22H22N4O6/c1-4-31-19-11-10-15(13-20(19)32-5-2)23-22(28)21-18(27)12-14(3)25(24-21)16-8-6-7-9-17(16)26(29)30/h6-13H,4-5H2,1-3H3,(H,23,28). The van der Waals surface area contributed by atoms with Crippen molar-refractivity contribution >= 4 is 17.3 Å². The van der Waals surface area contributed by atoms with Crippen LogP contribution in [0, 0.1) is 17.0 Å². The van der Waals surface area contributed by atoms with E-state index in [4.69, 9.17) is 9.47 Å². The van der Waals surface area contributed by atoms with Gasteiger partial charge < -0.3 is 14.8 Å². The fourth-order valence-electron chi connectivity index (χ4n) is 3.07. The fourth-order valence-corrected chi connectivity index (χ4v) is 3.07. The van der Waals surface area contributed by atoms with Gasteiger partial charge in [0, 0.05) is 29.6 Å². The number of amides is 1. The number of carbonyl (C=O) groups excluding carboxylic acids is 1. The minimum atomic E-state index is -0.756. The number of hydrogen-bond acceptors (Lipinski definition) is 7. The molecular weight excluding hydrogens is 416 g/mol. The molecular formula is C22H22N4O6. The lowest BCUT2D eigenvalue weighted by molar-refractivity contribution is -0.384. The number of nitro groups is 1. The van der Waals surface area contributed by atoms with Crippen LogP contribution in [0.15, 0.2) is 53.3 Å². The normalized spacial score (nSPS) is 10.5. The summed E-state index contributed by atoms with van der Waals surface area (Å²) in [5, 5.41) is 18.1. The van der Waals surface area contributed by atoms with Gasteiger partial charge in [-0.05, 0) is 39.0 Å². The topological polar surface area (TPSA) is 126 Å². The van der Waals surface area contributed by atoms with Crippen LogP contribution in [0.4, 0.5) is 11.4 Å². The average molecular weight is 438 g/mol. The number of hydrogen-bond donors (Lipinski definition) is 1. The maximum atomic E-state index is 12.8. The largest absolute Gasteiger partial charge is 0.490 e. The number of anilines is 1. The summed E-state index contributed by atoms with van der Waals surface area (Å²) < 4.78 is 12.3. The molecule has 0 radical (unpaired) electrons. The van der Waals surface area contributed by atoms with Gasteiger partial charge in [-0.2, -0.15) is 5.10 Å². The lowest BCUT2D eigenvalue weighted by Crippen LogP contribution is -2.27. The van der Waals surface area contributed by atoms with Crippen molar-refractivity contribution in [3.8, 4) is 17.2 Å². The van der Waals surface area contributed by atoms with Gasteiger partial charge in [-0.3, -0.25) is 19.7 Å². The van der Waals surface area contributed by atoms with Crippen molar-refractivity contribution in [2.75, 3.05) is 18.5 Å². The van der Waals surface area contributed by atoms with E-state index in [-0.39, 0.29) is 11.4 Å². The van der Waals surface area contributed by atoms with Crippen molar-refractivity contribution < 1.29 is 19.2 Å². The van der Waals surface area contributed by atoms with Gasteiger partial charge in [-0.15, -0.1) is 0 Å². The molecule has 32 heavy (non-hydrogen) atoms. The van der Waals surface area contributed by atoms with Crippen molar-refractivity contribution in [2.45, 2.75) is 20.8 Å². The number of benzene rings is 2. The predicted octanol–water partition coefficient (Wildman–Crippen LogP) is 3.50. The lowest BCUT2D eigenvalue weighted by atomic mass is 10.2. The Bertz CT molecular complexity index is 1220. The molecule has 0 saturated carbocycles. The zero-order valence-corrected chi connectivity index (χ0v) is 17.8. The van der Waals surface area contributed by atoms with Gasteiger partial charge >= 0.3 is 0 Å². The average Bonchev–Trinajstić information content (AvgIpc) is 2.76. The molecule has 0 unspecified atom stereocenters. The molecule has 1 N–H and O–H groups in total. The van der Waals surface area contributed by atoms with Crippen LogP contribution in [0.2, 0.25) is 0 Å². The Hall–Kier alpha value is -4.21. The first-order chi connectivity index (χ1) is 15.3. The zero-order valence-electron chi connectivity index (χ0n) is 17.8. The molecule has 0 aliphatic carbocycles. The Morgan fingerprint density at radius 3 is 2.47 bits per heavy atom. The van der Waals surface area contributed by atoms with Gasteiger partial charge in [0.15, 0.2) is 17.2 Å². The number of aryl methyl sites for hydroxylation is 1. The van der Waals surface area contributed by atoms with Crippen LogP contribution in [-0.4, -0.2) is 33.8 Å². The van der Waals surface area contributed by atoms with E-state index in [0.717, 1.165) is 0 Å². The highest BCUT2D eigenvalue weighted by Crippen LogP contribution is 2.30. The van der Waals surface area contributed by atoms with E-state index >= 15 is 0 Å². The van der Waals surface area contributed by atoms with Gasteiger partial charge in [0.1, 0.15) is 5.69 Å². The van der Waals surface area contributed by atoms with E-state index in [0.29, 0.717) is 36.1 Å². The minimum Gasteiger partial charge on any atom is -0.490 e. The van der Waals surface area contributed by atoms with E-state index in [1.165, 1.54) is 28.9 Å². The highest BCUT2D eigenvalue weighted by Gasteiger charge is 2.20. The maximum Gasteiger partial charge on any atom is 0.294 e. The molecule has 0 atom stereocenters. The van der Waals surface area contributed by atoms with Crippen LogP contribution in [0.5, 0.6) is 11.5 Å². The molecule has 0 spiro atoms. The quantitative estimate of drug-likeness (QED) is 0.421. The molecule has 1 amide bonds.